The minimum absolute atomic E-state index is 0.262. The summed E-state index contributed by atoms with van der Waals surface area (Å²) >= 11 is 4.81. The van der Waals surface area contributed by atoms with Crippen molar-refractivity contribution in [1.82, 2.24) is 0 Å². The molecule has 0 heterocycles. The first kappa shape index (κ1) is 10.8. The van der Waals surface area contributed by atoms with Crippen molar-refractivity contribution in [1.29, 1.82) is 0 Å². The van der Waals surface area contributed by atoms with Crippen LogP contribution in [0.25, 0.3) is 0 Å². The molecule has 0 nitrogen and oxygen atoms in total. The van der Waals surface area contributed by atoms with Crippen LogP contribution in [0.4, 0.5) is 0 Å². The normalized spacial score (nSPS) is 11.8. The summed E-state index contributed by atoms with van der Waals surface area (Å²) in [5.74, 6) is 0. The molecule has 0 unspecified atom stereocenters. The third-order valence-electron chi connectivity index (χ3n) is 1.76. The van der Waals surface area contributed by atoms with Crippen LogP contribution in [0.1, 0.15) is 26.3 Å². The van der Waals surface area contributed by atoms with Crippen molar-refractivity contribution < 1.29 is 0 Å². The third kappa shape index (κ3) is 2.34. The van der Waals surface area contributed by atoms with Crippen LogP contribution < -0.4 is 0 Å². The highest BCUT2D eigenvalue weighted by Crippen LogP contribution is 2.29. The quantitative estimate of drug-likeness (QED) is 0.587. The van der Waals surface area contributed by atoms with E-state index in [0.29, 0.717) is 0 Å². The summed E-state index contributed by atoms with van der Waals surface area (Å²) in [6.45, 7) is 6.75. The average Bonchev–Trinajstić information content (AvgIpc) is 1.92. The van der Waals surface area contributed by atoms with Gasteiger partial charge in [-0.15, -0.1) is 0 Å². The number of halogens is 2. The summed E-state index contributed by atoms with van der Waals surface area (Å²) < 4.78 is 2.74. The molecule has 1 aromatic carbocycles. The lowest BCUT2D eigenvalue weighted by atomic mass is 9.87. The van der Waals surface area contributed by atoms with Gasteiger partial charge in [-0.05, 0) is 62.2 Å². The van der Waals surface area contributed by atoms with Gasteiger partial charge >= 0.3 is 0 Å². The first-order valence-corrected chi connectivity index (χ1v) is 6.03. The minimum Gasteiger partial charge on any atom is -0.0608 e. The van der Waals surface area contributed by atoms with Crippen LogP contribution in [0, 0.1) is 7.14 Å². The minimum atomic E-state index is 0.262. The predicted molar refractivity (Wildman–Crippen MR) is 70.6 cm³/mol. The molecule has 0 aromatic heterocycles. The van der Waals surface area contributed by atoms with Gasteiger partial charge in [0.25, 0.3) is 0 Å². The fourth-order valence-electron chi connectivity index (χ4n) is 1.08. The maximum Gasteiger partial charge on any atom is 0.0301 e. The van der Waals surface area contributed by atoms with E-state index in [-0.39, 0.29) is 5.41 Å². The van der Waals surface area contributed by atoms with E-state index in [1.807, 2.05) is 0 Å². The lowest BCUT2D eigenvalue weighted by molar-refractivity contribution is 0.586. The largest absolute Gasteiger partial charge is 0.0608 e. The Morgan fingerprint density at radius 2 is 1.67 bits per heavy atom. The van der Waals surface area contributed by atoms with Crippen molar-refractivity contribution in [3.8, 4) is 0 Å². The lowest BCUT2D eigenvalue weighted by Gasteiger charge is -2.21. The smallest absolute Gasteiger partial charge is 0.0301 e. The van der Waals surface area contributed by atoms with Gasteiger partial charge < -0.3 is 0 Å². The number of rotatable bonds is 0. The molecule has 0 bridgehead atoms. The summed E-state index contributed by atoms with van der Waals surface area (Å²) in [6, 6.07) is 6.49. The van der Waals surface area contributed by atoms with Crippen LogP contribution in [0.15, 0.2) is 18.2 Å². The molecule has 0 radical (unpaired) electrons. The standard InChI is InChI=1S/C10H12I2/c1-10(2,3)7-5-4-6-8(11)9(7)12/h4-6H,1-3H3. The lowest BCUT2D eigenvalue weighted by Crippen LogP contribution is -2.13. The van der Waals surface area contributed by atoms with Crippen molar-refractivity contribution >= 4 is 45.2 Å². The highest BCUT2D eigenvalue weighted by Gasteiger charge is 2.17. The zero-order valence-corrected chi connectivity index (χ0v) is 11.8. The molecule has 0 spiro atoms. The molecule has 0 saturated carbocycles. The second-order valence-electron chi connectivity index (χ2n) is 3.85. The van der Waals surface area contributed by atoms with Crippen LogP contribution >= 0.6 is 45.2 Å². The summed E-state index contributed by atoms with van der Waals surface area (Å²) in [7, 11) is 0. The Balaban J connectivity index is 3.26. The summed E-state index contributed by atoms with van der Waals surface area (Å²) in [4.78, 5) is 0. The first-order chi connectivity index (χ1) is 5.43. The van der Waals surface area contributed by atoms with E-state index in [0.717, 1.165) is 0 Å². The molecular formula is C10H12I2. The first-order valence-electron chi connectivity index (χ1n) is 3.87. The zero-order chi connectivity index (χ0) is 9.35. The molecule has 0 aliphatic rings. The van der Waals surface area contributed by atoms with E-state index in [9.17, 15) is 0 Å². The molecule has 2 heteroatoms. The van der Waals surface area contributed by atoms with Crippen LogP contribution in [-0.2, 0) is 5.41 Å². The van der Waals surface area contributed by atoms with Crippen molar-refractivity contribution in [3.63, 3.8) is 0 Å². The van der Waals surface area contributed by atoms with E-state index < -0.39 is 0 Å². The van der Waals surface area contributed by atoms with Crippen molar-refractivity contribution in [2.45, 2.75) is 26.2 Å². The Morgan fingerprint density at radius 1 is 1.08 bits per heavy atom. The second-order valence-corrected chi connectivity index (χ2v) is 6.09. The SMILES string of the molecule is CC(C)(C)c1cccc(I)c1I. The van der Waals surface area contributed by atoms with Gasteiger partial charge in [0.2, 0.25) is 0 Å². The fourth-order valence-corrected chi connectivity index (χ4v) is 2.75. The van der Waals surface area contributed by atoms with Crippen LogP contribution in [-0.4, -0.2) is 0 Å². The summed E-state index contributed by atoms with van der Waals surface area (Å²) in [6.07, 6.45) is 0. The molecular weight excluding hydrogens is 374 g/mol. The maximum atomic E-state index is 2.42. The Morgan fingerprint density at radius 3 is 2.08 bits per heavy atom. The molecule has 0 saturated heterocycles. The summed E-state index contributed by atoms with van der Waals surface area (Å²) in [5.41, 5.74) is 1.70. The molecule has 0 aliphatic carbocycles. The Hall–Kier alpha value is 0.680. The van der Waals surface area contributed by atoms with Gasteiger partial charge in [-0.25, -0.2) is 0 Å². The summed E-state index contributed by atoms with van der Waals surface area (Å²) in [5, 5.41) is 0. The van der Waals surface area contributed by atoms with Crippen LogP contribution in [0.2, 0.25) is 0 Å². The monoisotopic (exact) mass is 386 g/mol. The Labute approximate surface area is 101 Å². The number of hydrogen-bond acceptors (Lipinski definition) is 0. The molecule has 1 rings (SSSR count). The highest BCUT2D eigenvalue weighted by molar-refractivity contribution is 14.1. The van der Waals surface area contributed by atoms with E-state index in [2.05, 4.69) is 84.2 Å². The van der Waals surface area contributed by atoms with Crippen molar-refractivity contribution in [2.24, 2.45) is 0 Å². The van der Waals surface area contributed by atoms with Crippen molar-refractivity contribution in [3.05, 3.63) is 30.9 Å². The van der Waals surface area contributed by atoms with E-state index in [4.69, 9.17) is 0 Å². The van der Waals surface area contributed by atoms with Gasteiger partial charge in [-0.1, -0.05) is 32.9 Å². The van der Waals surface area contributed by atoms with Crippen molar-refractivity contribution in [2.75, 3.05) is 0 Å². The molecule has 0 atom stereocenters. The Bertz CT molecular complexity index is 284. The molecule has 1 aromatic rings. The molecule has 66 valence electrons. The second kappa shape index (κ2) is 3.82. The molecule has 0 aliphatic heterocycles. The van der Waals surface area contributed by atoms with Crippen LogP contribution in [0.3, 0.4) is 0 Å². The van der Waals surface area contributed by atoms with Gasteiger partial charge in [-0.2, -0.15) is 0 Å². The van der Waals surface area contributed by atoms with E-state index >= 15 is 0 Å². The molecule has 0 amide bonds. The van der Waals surface area contributed by atoms with Gasteiger partial charge in [0, 0.05) is 7.14 Å². The maximum absolute atomic E-state index is 2.42. The topological polar surface area (TPSA) is 0 Å². The van der Waals surface area contributed by atoms with Gasteiger partial charge in [0.1, 0.15) is 0 Å². The van der Waals surface area contributed by atoms with Gasteiger partial charge in [-0.3, -0.25) is 0 Å². The average molecular weight is 386 g/mol. The van der Waals surface area contributed by atoms with Crippen LogP contribution in [0.5, 0.6) is 0 Å². The van der Waals surface area contributed by atoms with E-state index in [1.54, 1.807) is 0 Å². The highest BCUT2D eigenvalue weighted by atomic mass is 127. The molecule has 0 N–H and O–H groups in total. The fraction of sp³-hybridized carbons (Fsp3) is 0.400. The number of hydrogen-bond donors (Lipinski definition) is 0. The molecule has 0 fully saturated rings. The van der Waals surface area contributed by atoms with Gasteiger partial charge in [0.15, 0.2) is 0 Å². The Kier molecular flexibility index (Phi) is 3.42. The van der Waals surface area contributed by atoms with E-state index in [1.165, 1.54) is 12.7 Å². The molecule has 12 heavy (non-hydrogen) atoms. The number of benzene rings is 1. The third-order valence-corrected chi connectivity index (χ3v) is 4.85. The van der Waals surface area contributed by atoms with Gasteiger partial charge in [0.05, 0.1) is 0 Å². The predicted octanol–water partition coefficient (Wildman–Crippen LogP) is 4.19. The zero-order valence-electron chi connectivity index (χ0n) is 7.49.